The van der Waals surface area contributed by atoms with Crippen molar-refractivity contribution >= 4 is 11.6 Å². The average molecular weight is 278 g/mol. The zero-order valence-electron chi connectivity index (χ0n) is 11.2. The largest absolute Gasteiger partial charge is 0.379 e. The number of ether oxygens (including phenoxy) is 3. The van der Waals surface area contributed by atoms with Gasteiger partial charge in [-0.25, -0.2) is 0 Å². The van der Waals surface area contributed by atoms with Crippen molar-refractivity contribution in [2.75, 3.05) is 45.5 Å². The van der Waals surface area contributed by atoms with Gasteiger partial charge >= 0.3 is 0 Å². The molecule has 106 valence electrons. The molecule has 18 heavy (non-hydrogen) atoms. The summed E-state index contributed by atoms with van der Waals surface area (Å²) in [7, 11) is 0. The molecule has 0 heterocycles. The summed E-state index contributed by atoms with van der Waals surface area (Å²) in [5.41, 5.74) is 0. The molecule has 0 saturated carbocycles. The number of nitrogens with zero attached hydrogens (tertiary/aromatic N) is 1. The van der Waals surface area contributed by atoms with Gasteiger partial charge in [-0.2, -0.15) is 5.26 Å². The van der Waals surface area contributed by atoms with Crippen molar-refractivity contribution in [2.24, 2.45) is 5.92 Å². The maximum atomic E-state index is 8.66. The molecule has 5 heteroatoms. The Bertz CT molecular complexity index is 209. The molecule has 0 N–H and O–H groups in total. The van der Waals surface area contributed by atoms with Crippen LogP contribution in [-0.2, 0) is 14.2 Å². The van der Waals surface area contributed by atoms with Gasteiger partial charge < -0.3 is 14.2 Å². The van der Waals surface area contributed by atoms with Crippen LogP contribution in [0.15, 0.2) is 0 Å². The Labute approximate surface area is 115 Å². The minimum absolute atomic E-state index is 0.112. The van der Waals surface area contributed by atoms with Crippen LogP contribution in [0, 0.1) is 17.2 Å². The van der Waals surface area contributed by atoms with Gasteiger partial charge in [-0.3, -0.25) is 0 Å². The Morgan fingerprint density at radius 1 is 1.00 bits per heavy atom. The van der Waals surface area contributed by atoms with Crippen molar-refractivity contribution in [3.8, 4) is 6.07 Å². The molecule has 0 bridgehead atoms. The van der Waals surface area contributed by atoms with Crippen LogP contribution in [0.1, 0.15) is 26.2 Å². The standard InChI is InChI=1S/C13H24ClNO3/c1-2-3-5-16-7-9-18-10-8-17-6-4-13(11-14)12-15/h13H,2-11H2,1H3. The topological polar surface area (TPSA) is 51.5 Å². The molecule has 0 fully saturated rings. The number of rotatable bonds is 13. The fraction of sp³-hybridized carbons (Fsp3) is 0.923. The molecule has 0 saturated heterocycles. The van der Waals surface area contributed by atoms with E-state index in [-0.39, 0.29) is 5.92 Å². The average Bonchev–Trinajstić information content (AvgIpc) is 2.40. The van der Waals surface area contributed by atoms with Crippen molar-refractivity contribution in [3.05, 3.63) is 0 Å². The highest BCUT2D eigenvalue weighted by molar-refractivity contribution is 6.18. The molecule has 0 aliphatic heterocycles. The highest BCUT2D eigenvalue weighted by atomic mass is 35.5. The number of alkyl halides is 1. The van der Waals surface area contributed by atoms with Crippen molar-refractivity contribution < 1.29 is 14.2 Å². The van der Waals surface area contributed by atoms with E-state index < -0.39 is 0 Å². The van der Waals surface area contributed by atoms with Gasteiger partial charge in [0.15, 0.2) is 0 Å². The first-order valence-corrected chi connectivity index (χ1v) is 7.07. The van der Waals surface area contributed by atoms with E-state index in [1.807, 2.05) is 0 Å². The molecule has 0 spiro atoms. The van der Waals surface area contributed by atoms with Crippen LogP contribution in [-0.4, -0.2) is 45.5 Å². The molecule has 0 aliphatic rings. The van der Waals surface area contributed by atoms with Crippen LogP contribution < -0.4 is 0 Å². The summed E-state index contributed by atoms with van der Waals surface area (Å²) in [5.74, 6) is 0.255. The molecule has 1 atom stereocenters. The Morgan fingerprint density at radius 2 is 1.56 bits per heavy atom. The molecule has 0 radical (unpaired) electrons. The number of nitriles is 1. The van der Waals surface area contributed by atoms with E-state index in [1.54, 1.807) is 0 Å². The lowest BCUT2D eigenvalue weighted by Crippen LogP contribution is -2.11. The lowest BCUT2D eigenvalue weighted by Gasteiger charge is -2.07. The molecule has 4 nitrogen and oxygen atoms in total. The van der Waals surface area contributed by atoms with Crippen LogP contribution in [0.4, 0.5) is 0 Å². The van der Waals surface area contributed by atoms with Gasteiger partial charge in [-0.15, -0.1) is 11.6 Å². The maximum absolute atomic E-state index is 8.66. The van der Waals surface area contributed by atoms with Crippen LogP contribution in [0.5, 0.6) is 0 Å². The lowest BCUT2D eigenvalue weighted by molar-refractivity contribution is 0.0128. The minimum Gasteiger partial charge on any atom is -0.379 e. The van der Waals surface area contributed by atoms with E-state index in [4.69, 9.17) is 31.1 Å². The Hall–Kier alpha value is -0.340. The third kappa shape index (κ3) is 12.1. The first-order chi connectivity index (χ1) is 8.85. The molecule has 0 aliphatic carbocycles. The number of halogens is 1. The molecular formula is C13H24ClNO3. The Morgan fingerprint density at radius 3 is 2.06 bits per heavy atom. The van der Waals surface area contributed by atoms with Crippen molar-refractivity contribution in [2.45, 2.75) is 26.2 Å². The molecule has 0 aromatic heterocycles. The third-order valence-corrected chi connectivity index (χ3v) is 2.74. The van der Waals surface area contributed by atoms with Crippen LogP contribution in [0.3, 0.4) is 0 Å². The summed E-state index contributed by atoms with van der Waals surface area (Å²) in [6.45, 7) is 5.87. The Kier molecular flexibility index (Phi) is 14.4. The van der Waals surface area contributed by atoms with Gasteiger partial charge in [-0.05, 0) is 12.8 Å². The minimum atomic E-state index is -0.112. The van der Waals surface area contributed by atoms with Crippen LogP contribution >= 0.6 is 11.6 Å². The first-order valence-electron chi connectivity index (χ1n) is 6.54. The summed E-state index contributed by atoms with van der Waals surface area (Å²) >= 11 is 5.58. The second-order valence-corrected chi connectivity index (χ2v) is 4.27. The monoisotopic (exact) mass is 277 g/mol. The second-order valence-electron chi connectivity index (χ2n) is 3.96. The van der Waals surface area contributed by atoms with Gasteiger partial charge in [-0.1, -0.05) is 13.3 Å². The smallest absolute Gasteiger partial charge is 0.0701 e. The highest BCUT2D eigenvalue weighted by Crippen LogP contribution is 2.03. The molecule has 1 unspecified atom stereocenters. The first kappa shape index (κ1) is 17.7. The maximum Gasteiger partial charge on any atom is 0.0701 e. The number of hydrogen-bond acceptors (Lipinski definition) is 4. The van der Waals surface area contributed by atoms with Crippen LogP contribution in [0.2, 0.25) is 0 Å². The number of hydrogen-bond donors (Lipinski definition) is 0. The molecule has 0 aromatic rings. The van der Waals surface area contributed by atoms with Gasteiger partial charge in [0.2, 0.25) is 0 Å². The van der Waals surface area contributed by atoms with Gasteiger partial charge in [0.25, 0.3) is 0 Å². The predicted molar refractivity (Wildman–Crippen MR) is 71.8 cm³/mol. The van der Waals surface area contributed by atoms with E-state index in [0.29, 0.717) is 45.3 Å². The molecule has 0 rings (SSSR count). The fourth-order valence-corrected chi connectivity index (χ4v) is 1.41. The normalized spacial score (nSPS) is 12.3. The Balaban J connectivity index is 3.05. The summed E-state index contributed by atoms with van der Waals surface area (Å²) < 4.78 is 16.0. The van der Waals surface area contributed by atoms with Gasteiger partial charge in [0.1, 0.15) is 0 Å². The van der Waals surface area contributed by atoms with E-state index in [0.717, 1.165) is 19.4 Å². The quantitative estimate of drug-likeness (QED) is 0.384. The van der Waals surface area contributed by atoms with E-state index >= 15 is 0 Å². The lowest BCUT2D eigenvalue weighted by atomic mass is 10.1. The predicted octanol–water partition coefficient (Wildman–Crippen LogP) is 2.60. The van der Waals surface area contributed by atoms with Crippen LogP contribution in [0.25, 0.3) is 0 Å². The van der Waals surface area contributed by atoms with E-state index in [2.05, 4.69) is 13.0 Å². The summed E-state index contributed by atoms with van der Waals surface area (Å²) in [5, 5.41) is 8.66. The molecule has 0 aromatic carbocycles. The summed E-state index contributed by atoms with van der Waals surface area (Å²) in [6.07, 6.45) is 2.94. The highest BCUT2D eigenvalue weighted by Gasteiger charge is 2.04. The third-order valence-electron chi connectivity index (χ3n) is 2.37. The van der Waals surface area contributed by atoms with Crippen molar-refractivity contribution in [1.82, 2.24) is 0 Å². The molecular weight excluding hydrogens is 254 g/mol. The zero-order chi connectivity index (χ0) is 13.5. The SMILES string of the molecule is CCCCOCCOCCOCCC(C#N)CCl. The van der Waals surface area contributed by atoms with Crippen molar-refractivity contribution in [1.29, 1.82) is 5.26 Å². The van der Waals surface area contributed by atoms with E-state index in [9.17, 15) is 0 Å². The zero-order valence-corrected chi connectivity index (χ0v) is 12.0. The van der Waals surface area contributed by atoms with Crippen molar-refractivity contribution in [3.63, 3.8) is 0 Å². The van der Waals surface area contributed by atoms with Gasteiger partial charge in [0, 0.05) is 19.1 Å². The fourth-order valence-electron chi connectivity index (χ4n) is 1.19. The number of unbranched alkanes of at least 4 members (excludes halogenated alkanes) is 1. The van der Waals surface area contributed by atoms with E-state index in [1.165, 1.54) is 0 Å². The second kappa shape index (κ2) is 14.7. The van der Waals surface area contributed by atoms with Gasteiger partial charge in [0.05, 0.1) is 38.4 Å². The summed E-state index contributed by atoms with van der Waals surface area (Å²) in [4.78, 5) is 0. The summed E-state index contributed by atoms with van der Waals surface area (Å²) in [6, 6.07) is 2.13. The molecule has 0 amide bonds.